The Kier molecular flexibility index (Phi) is 6.24. The predicted molar refractivity (Wildman–Crippen MR) is 44.3 cm³/mol. The first kappa shape index (κ1) is 9.47. The van der Waals surface area contributed by atoms with Gasteiger partial charge in [0.25, 0.3) is 0 Å². The van der Waals surface area contributed by atoms with Crippen LogP contribution >= 0.6 is 0 Å². The zero-order valence-electron chi connectivity index (χ0n) is 7.18. The van der Waals surface area contributed by atoms with Crippen molar-refractivity contribution < 1.29 is 4.84 Å². The first-order chi connectivity index (χ1) is 4.81. The lowest BCUT2D eigenvalue weighted by Crippen LogP contribution is -1.92. The maximum absolute atomic E-state index is 5.01. The number of oxime groups is 1. The van der Waals surface area contributed by atoms with Gasteiger partial charge >= 0.3 is 0 Å². The largest absolute Gasteiger partial charge is 0.396 e. The summed E-state index contributed by atoms with van der Waals surface area (Å²) in [6, 6.07) is 0. The summed E-state index contributed by atoms with van der Waals surface area (Å²) in [6.07, 6.45) is 3.24. The van der Waals surface area contributed by atoms with Gasteiger partial charge in [0.15, 0.2) is 0 Å². The zero-order chi connectivity index (χ0) is 7.82. The van der Waals surface area contributed by atoms with Gasteiger partial charge in [-0.25, -0.2) is 0 Å². The first-order valence-electron chi connectivity index (χ1n) is 3.96. The van der Waals surface area contributed by atoms with Crippen LogP contribution in [0.5, 0.6) is 0 Å². The van der Waals surface area contributed by atoms with Crippen molar-refractivity contribution in [3.05, 3.63) is 0 Å². The molecule has 0 saturated carbocycles. The molecule has 0 heterocycles. The Morgan fingerprint density at radius 2 is 2.10 bits per heavy atom. The van der Waals surface area contributed by atoms with E-state index < -0.39 is 0 Å². The molecule has 10 heavy (non-hydrogen) atoms. The summed E-state index contributed by atoms with van der Waals surface area (Å²) in [7, 11) is 0. The smallest absolute Gasteiger partial charge is 0.117 e. The third-order valence-electron chi connectivity index (χ3n) is 1.32. The highest BCUT2D eigenvalue weighted by atomic mass is 16.6. The Labute approximate surface area is 63.3 Å². The van der Waals surface area contributed by atoms with Crippen molar-refractivity contribution in [1.29, 1.82) is 0 Å². The molecule has 60 valence electrons. The van der Waals surface area contributed by atoms with E-state index in [9.17, 15) is 0 Å². The second kappa shape index (κ2) is 6.59. The number of unbranched alkanes of at least 4 members (excludes halogenated alkanes) is 1. The Morgan fingerprint density at radius 3 is 2.60 bits per heavy atom. The molecule has 0 rings (SSSR count). The van der Waals surface area contributed by atoms with Crippen LogP contribution in [0.3, 0.4) is 0 Å². The monoisotopic (exact) mass is 143 g/mol. The third-order valence-corrected chi connectivity index (χ3v) is 1.32. The molecule has 0 unspecified atom stereocenters. The molecular weight excluding hydrogens is 126 g/mol. The lowest BCUT2D eigenvalue weighted by Gasteiger charge is -1.97. The molecule has 0 spiro atoms. The van der Waals surface area contributed by atoms with Crippen molar-refractivity contribution >= 4 is 5.71 Å². The van der Waals surface area contributed by atoms with Crippen LogP contribution in [-0.4, -0.2) is 12.3 Å². The molecule has 0 aliphatic heterocycles. The van der Waals surface area contributed by atoms with Crippen LogP contribution in [0.2, 0.25) is 0 Å². The maximum Gasteiger partial charge on any atom is 0.117 e. The predicted octanol–water partition coefficient (Wildman–Crippen LogP) is 2.59. The molecule has 2 heteroatoms. The molecule has 0 saturated heterocycles. The highest BCUT2D eigenvalue weighted by Crippen LogP contribution is 1.90. The molecule has 0 bridgehead atoms. The van der Waals surface area contributed by atoms with E-state index in [1.54, 1.807) is 0 Å². The molecular formula is C8H17NO. The Bertz CT molecular complexity index is 99.4. The molecule has 0 fully saturated rings. The lowest BCUT2D eigenvalue weighted by atomic mass is 10.3. The Morgan fingerprint density at radius 1 is 1.40 bits per heavy atom. The summed E-state index contributed by atoms with van der Waals surface area (Å²) in [5.41, 5.74) is 1.07. The quantitative estimate of drug-likeness (QED) is 0.329. The van der Waals surface area contributed by atoms with E-state index in [-0.39, 0.29) is 0 Å². The second-order valence-electron chi connectivity index (χ2n) is 2.37. The summed E-state index contributed by atoms with van der Waals surface area (Å²) >= 11 is 0. The number of hydrogen-bond acceptors (Lipinski definition) is 2. The van der Waals surface area contributed by atoms with E-state index in [4.69, 9.17) is 4.84 Å². The van der Waals surface area contributed by atoms with Crippen LogP contribution in [-0.2, 0) is 4.84 Å². The van der Waals surface area contributed by atoms with Crippen molar-refractivity contribution in [3.63, 3.8) is 0 Å². The number of nitrogens with zero attached hydrogens (tertiary/aromatic N) is 1. The average Bonchev–Trinajstić information content (AvgIpc) is 1.98. The summed E-state index contributed by atoms with van der Waals surface area (Å²) in [5.74, 6) is 0. The summed E-state index contributed by atoms with van der Waals surface area (Å²) in [4.78, 5) is 5.01. The van der Waals surface area contributed by atoms with Gasteiger partial charge in [-0.3, -0.25) is 0 Å². The minimum atomic E-state index is 0.758. The van der Waals surface area contributed by atoms with Gasteiger partial charge in [-0.15, -0.1) is 0 Å². The lowest BCUT2D eigenvalue weighted by molar-refractivity contribution is 0.140. The molecule has 0 aliphatic rings. The molecule has 0 atom stereocenters. The topological polar surface area (TPSA) is 21.6 Å². The molecule has 0 N–H and O–H groups in total. The van der Waals surface area contributed by atoms with E-state index in [1.807, 2.05) is 6.92 Å². The van der Waals surface area contributed by atoms with Gasteiger partial charge in [-0.1, -0.05) is 25.4 Å². The first-order valence-corrected chi connectivity index (χ1v) is 3.96. The minimum absolute atomic E-state index is 0.758. The summed E-state index contributed by atoms with van der Waals surface area (Å²) in [6.45, 7) is 6.95. The third kappa shape index (κ3) is 5.60. The van der Waals surface area contributed by atoms with Crippen molar-refractivity contribution in [1.82, 2.24) is 0 Å². The maximum atomic E-state index is 5.01. The normalized spacial score (nSPS) is 11.7. The van der Waals surface area contributed by atoms with Gasteiger partial charge in [0, 0.05) is 0 Å². The second-order valence-corrected chi connectivity index (χ2v) is 2.37. The van der Waals surface area contributed by atoms with Crippen LogP contribution < -0.4 is 0 Å². The van der Waals surface area contributed by atoms with Gasteiger partial charge in [-0.2, -0.15) is 0 Å². The van der Waals surface area contributed by atoms with Crippen LogP contribution in [0.25, 0.3) is 0 Å². The van der Waals surface area contributed by atoms with Crippen LogP contribution in [0.15, 0.2) is 5.16 Å². The van der Waals surface area contributed by atoms with E-state index in [0.29, 0.717) is 0 Å². The van der Waals surface area contributed by atoms with Crippen molar-refractivity contribution in [2.45, 2.75) is 40.0 Å². The Hall–Kier alpha value is -0.530. The fourth-order valence-electron chi connectivity index (χ4n) is 0.429. The molecule has 2 nitrogen and oxygen atoms in total. The van der Waals surface area contributed by atoms with E-state index in [2.05, 4.69) is 19.0 Å². The number of rotatable bonds is 5. The summed E-state index contributed by atoms with van der Waals surface area (Å²) in [5, 5.41) is 3.90. The summed E-state index contributed by atoms with van der Waals surface area (Å²) < 4.78 is 0. The molecule has 0 radical (unpaired) electrons. The SMILES string of the molecule is CCCCO/N=C(\C)CC. The molecule has 0 aromatic carbocycles. The average molecular weight is 143 g/mol. The van der Waals surface area contributed by atoms with Crippen molar-refractivity contribution in [3.8, 4) is 0 Å². The zero-order valence-corrected chi connectivity index (χ0v) is 7.18. The highest BCUT2D eigenvalue weighted by molar-refractivity contribution is 5.80. The van der Waals surface area contributed by atoms with Gasteiger partial charge in [0.1, 0.15) is 6.61 Å². The molecule has 0 aromatic heterocycles. The Balaban J connectivity index is 3.16. The number of hydrogen-bond donors (Lipinski definition) is 0. The standard InChI is InChI=1S/C8H17NO/c1-4-6-7-10-9-8(3)5-2/h4-7H2,1-3H3/b9-8+. The van der Waals surface area contributed by atoms with Crippen molar-refractivity contribution in [2.24, 2.45) is 5.16 Å². The van der Waals surface area contributed by atoms with E-state index >= 15 is 0 Å². The molecule has 0 amide bonds. The minimum Gasteiger partial charge on any atom is -0.396 e. The molecule has 0 aromatic rings. The van der Waals surface area contributed by atoms with Crippen LogP contribution in [0.4, 0.5) is 0 Å². The fourth-order valence-corrected chi connectivity index (χ4v) is 0.429. The van der Waals surface area contributed by atoms with Gasteiger partial charge in [-0.05, 0) is 19.8 Å². The fraction of sp³-hybridized carbons (Fsp3) is 0.875. The van der Waals surface area contributed by atoms with E-state index in [1.165, 1.54) is 6.42 Å². The van der Waals surface area contributed by atoms with Gasteiger partial charge < -0.3 is 4.84 Å². The van der Waals surface area contributed by atoms with Gasteiger partial charge in [0.2, 0.25) is 0 Å². The van der Waals surface area contributed by atoms with Crippen LogP contribution in [0, 0.1) is 0 Å². The van der Waals surface area contributed by atoms with E-state index in [0.717, 1.165) is 25.2 Å². The van der Waals surface area contributed by atoms with Gasteiger partial charge in [0.05, 0.1) is 5.71 Å². The highest BCUT2D eigenvalue weighted by Gasteiger charge is 1.85. The van der Waals surface area contributed by atoms with Crippen molar-refractivity contribution in [2.75, 3.05) is 6.61 Å². The van der Waals surface area contributed by atoms with Crippen LogP contribution in [0.1, 0.15) is 40.0 Å². The molecule has 0 aliphatic carbocycles.